The molecule has 1 aromatic heterocycles. The molecule has 1 aromatic rings. The molecule has 104 valence electrons. The van der Waals surface area contributed by atoms with Crippen LogP contribution in [-0.2, 0) is 4.79 Å². The van der Waals surface area contributed by atoms with Gasteiger partial charge in [-0.3, -0.25) is 0 Å². The monoisotopic (exact) mass is 282 g/mol. The molecule has 2 rings (SSSR count). The smallest absolute Gasteiger partial charge is 0.331 e. The number of hydrogen-bond acceptors (Lipinski definition) is 3. The molecule has 2 amide bonds. The second-order valence-electron chi connectivity index (χ2n) is 5.02. The van der Waals surface area contributed by atoms with Crippen molar-refractivity contribution < 1.29 is 14.7 Å². The number of nitrogens with one attached hydrogen (secondary N) is 2. The molecule has 1 aliphatic carbocycles. The lowest BCUT2D eigenvalue weighted by atomic mass is 10.1. The molecule has 1 aliphatic rings. The zero-order valence-electron chi connectivity index (χ0n) is 10.8. The number of carbonyl (C=O) groups excluding carboxylic acids is 1. The van der Waals surface area contributed by atoms with Gasteiger partial charge < -0.3 is 15.7 Å². The van der Waals surface area contributed by atoms with Gasteiger partial charge in [0.05, 0.1) is 0 Å². The van der Waals surface area contributed by atoms with Crippen LogP contribution in [0.3, 0.4) is 0 Å². The predicted octanol–water partition coefficient (Wildman–Crippen LogP) is 2.36. The highest BCUT2D eigenvalue weighted by Crippen LogP contribution is 2.24. The van der Waals surface area contributed by atoms with Crippen molar-refractivity contribution >= 4 is 23.3 Å². The van der Waals surface area contributed by atoms with Crippen LogP contribution in [-0.4, -0.2) is 23.1 Å². The van der Waals surface area contributed by atoms with Crippen LogP contribution < -0.4 is 10.6 Å². The standard InChI is InChI=1S/C13H18N2O3S/c1-8-4-5-9(7-8)14-13(18)15-11(12(16)17)10-3-2-6-19-10/h2-3,6,8-9,11H,4-5,7H2,1H3,(H,16,17)(H2,14,15,18). The molecule has 0 radical (unpaired) electrons. The lowest BCUT2D eigenvalue weighted by molar-refractivity contribution is -0.139. The summed E-state index contributed by atoms with van der Waals surface area (Å²) < 4.78 is 0. The second kappa shape index (κ2) is 6.06. The van der Waals surface area contributed by atoms with Crippen molar-refractivity contribution in [1.82, 2.24) is 10.6 Å². The van der Waals surface area contributed by atoms with Gasteiger partial charge in [-0.25, -0.2) is 9.59 Å². The van der Waals surface area contributed by atoms with Gasteiger partial charge in [0, 0.05) is 10.9 Å². The number of thiophene rings is 1. The van der Waals surface area contributed by atoms with Crippen LogP contribution in [0.25, 0.3) is 0 Å². The molecular weight excluding hydrogens is 264 g/mol. The number of carboxylic acid groups (broad SMARTS) is 1. The van der Waals surface area contributed by atoms with E-state index in [2.05, 4.69) is 17.6 Å². The molecular formula is C13H18N2O3S. The maximum absolute atomic E-state index is 11.8. The van der Waals surface area contributed by atoms with Crippen LogP contribution in [0.4, 0.5) is 4.79 Å². The van der Waals surface area contributed by atoms with E-state index in [1.807, 2.05) is 0 Å². The first-order valence-electron chi connectivity index (χ1n) is 6.39. The zero-order valence-corrected chi connectivity index (χ0v) is 11.6. The Morgan fingerprint density at radius 2 is 2.26 bits per heavy atom. The van der Waals surface area contributed by atoms with Gasteiger partial charge >= 0.3 is 12.0 Å². The molecule has 3 unspecified atom stereocenters. The average molecular weight is 282 g/mol. The molecule has 0 saturated heterocycles. The Morgan fingerprint density at radius 1 is 1.47 bits per heavy atom. The van der Waals surface area contributed by atoms with Crippen LogP contribution in [0, 0.1) is 5.92 Å². The Morgan fingerprint density at radius 3 is 2.79 bits per heavy atom. The number of aliphatic carboxylic acids is 1. The number of amides is 2. The minimum absolute atomic E-state index is 0.160. The topological polar surface area (TPSA) is 78.4 Å². The number of carbonyl (C=O) groups is 2. The summed E-state index contributed by atoms with van der Waals surface area (Å²) in [5.41, 5.74) is 0. The van der Waals surface area contributed by atoms with E-state index >= 15 is 0 Å². The summed E-state index contributed by atoms with van der Waals surface area (Å²) in [6.07, 6.45) is 3.04. The zero-order chi connectivity index (χ0) is 13.8. The fraction of sp³-hybridized carbons (Fsp3) is 0.538. The number of carboxylic acids is 1. The summed E-state index contributed by atoms with van der Waals surface area (Å²) in [6.45, 7) is 2.16. The molecule has 1 heterocycles. The summed E-state index contributed by atoms with van der Waals surface area (Å²) in [6, 6.07) is 2.27. The van der Waals surface area contributed by atoms with Crippen molar-refractivity contribution in [2.75, 3.05) is 0 Å². The van der Waals surface area contributed by atoms with E-state index in [1.54, 1.807) is 17.5 Å². The third-order valence-corrected chi connectivity index (χ3v) is 4.32. The van der Waals surface area contributed by atoms with Crippen LogP contribution in [0.1, 0.15) is 37.1 Å². The van der Waals surface area contributed by atoms with Gasteiger partial charge in [0.1, 0.15) is 0 Å². The van der Waals surface area contributed by atoms with E-state index in [0.29, 0.717) is 10.8 Å². The first-order valence-corrected chi connectivity index (χ1v) is 7.27. The largest absolute Gasteiger partial charge is 0.479 e. The first-order chi connectivity index (χ1) is 9.06. The van der Waals surface area contributed by atoms with E-state index < -0.39 is 18.0 Å². The predicted molar refractivity (Wildman–Crippen MR) is 73.2 cm³/mol. The molecule has 1 fully saturated rings. The minimum Gasteiger partial charge on any atom is -0.479 e. The van der Waals surface area contributed by atoms with Crippen molar-refractivity contribution in [2.45, 2.75) is 38.3 Å². The molecule has 3 atom stereocenters. The summed E-state index contributed by atoms with van der Waals surface area (Å²) >= 11 is 1.32. The molecule has 0 bridgehead atoms. The Balaban J connectivity index is 1.91. The summed E-state index contributed by atoms with van der Waals surface area (Å²) in [4.78, 5) is 23.6. The van der Waals surface area contributed by atoms with Crippen LogP contribution in [0.5, 0.6) is 0 Å². The Bertz CT molecular complexity index is 447. The maximum Gasteiger partial charge on any atom is 0.331 e. The van der Waals surface area contributed by atoms with Gasteiger partial charge in [-0.1, -0.05) is 13.0 Å². The van der Waals surface area contributed by atoms with Crippen molar-refractivity contribution in [3.8, 4) is 0 Å². The van der Waals surface area contributed by atoms with E-state index in [9.17, 15) is 9.59 Å². The van der Waals surface area contributed by atoms with Gasteiger partial charge in [-0.05, 0) is 36.6 Å². The van der Waals surface area contributed by atoms with E-state index in [0.717, 1.165) is 19.3 Å². The number of hydrogen-bond donors (Lipinski definition) is 3. The SMILES string of the molecule is CC1CCC(NC(=O)NC(C(=O)O)c2cccs2)C1. The van der Waals surface area contributed by atoms with Gasteiger partial charge in [-0.15, -0.1) is 11.3 Å². The van der Waals surface area contributed by atoms with E-state index in [1.165, 1.54) is 11.3 Å². The average Bonchev–Trinajstić information content (AvgIpc) is 2.97. The van der Waals surface area contributed by atoms with Crippen molar-refractivity contribution in [3.05, 3.63) is 22.4 Å². The third-order valence-electron chi connectivity index (χ3n) is 3.38. The highest BCUT2D eigenvalue weighted by molar-refractivity contribution is 7.10. The van der Waals surface area contributed by atoms with E-state index in [4.69, 9.17) is 5.11 Å². The molecule has 0 spiro atoms. The Kier molecular flexibility index (Phi) is 4.42. The van der Waals surface area contributed by atoms with Gasteiger partial charge in [0.2, 0.25) is 0 Å². The van der Waals surface area contributed by atoms with Crippen LogP contribution in [0.15, 0.2) is 17.5 Å². The second-order valence-corrected chi connectivity index (χ2v) is 6.00. The molecule has 3 N–H and O–H groups in total. The van der Waals surface area contributed by atoms with Gasteiger partial charge in [-0.2, -0.15) is 0 Å². The molecule has 5 nitrogen and oxygen atoms in total. The Hall–Kier alpha value is -1.56. The molecule has 0 aromatic carbocycles. The third kappa shape index (κ3) is 3.70. The quantitative estimate of drug-likeness (QED) is 0.793. The fourth-order valence-corrected chi connectivity index (χ4v) is 3.17. The lowest BCUT2D eigenvalue weighted by Crippen LogP contribution is -2.44. The fourth-order valence-electron chi connectivity index (χ4n) is 2.41. The summed E-state index contributed by atoms with van der Waals surface area (Å²) in [5, 5.41) is 16.3. The van der Waals surface area contributed by atoms with Crippen molar-refractivity contribution in [2.24, 2.45) is 5.92 Å². The van der Waals surface area contributed by atoms with Crippen molar-refractivity contribution in [3.63, 3.8) is 0 Å². The summed E-state index contributed by atoms with van der Waals surface area (Å²) in [7, 11) is 0. The summed E-state index contributed by atoms with van der Waals surface area (Å²) in [5.74, 6) is -0.421. The Labute approximate surface area is 116 Å². The lowest BCUT2D eigenvalue weighted by Gasteiger charge is -2.17. The van der Waals surface area contributed by atoms with Crippen LogP contribution in [0.2, 0.25) is 0 Å². The molecule has 6 heteroatoms. The first kappa shape index (κ1) is 13.9. The normalized spacial score (nSPS) is 23.8. The van der Waals surface area contributed by atoms with Gasteiger partial charge in [0.25, 0.3) is 0 Å². The van der Waals surface area contributed by atoms with Crippen molar-refractivity contribution in [1.29, 1.82) is 0 Å². The molecule has 1 saturated carbocycles. The van der Waals surface area contributed by atoms with Gasteiger partial charge in [0.15, 0.2) is 6.04 Å². The number of urea groups is 1. The highest BCUT2D eigenvalue weighted by atomic mass is 32.1. The highest BCUT2D eigenvalue weighted by Gasteiger charge is 2.26. The van der Waals surface area contributed by atoms with E-state index in [-0.39, 0.29) is 6.04 Å². The molecule has 19 heavy (non-hydrogen) atoms. The number of rotatable bonds is 4. The maximum atomic E-state index is 11.8. The van der Waals surface area contributed by atoms with Crippen LogP contribution >= 0.6 is 11.3 Å². The minimum atomic E-state index is -1.04. The molecule has 0 aliphatic heterocycles.